The van der Waals surface area contributed by atoms with Crippen LogP contribution >= 0.6 is 11.8 Å². The van der Waals surface area contributed by atoms with Gasteiger partial charge >= 0.3 is 0 Å². The quantitative estimate of drug-likeness (QED) is 0.863. The molecule has 0 spiro atoms. The molecule has 1 aliphatic rings. The zero-order chi connectivity index (χ0) is 13.7. The van der Waals surface area contributed by atoms with Gasteiger partial charge in [0, 0.05) is 19.8 Å². The molecular weight excluding hydrogens is 282 g/mol. The van der Waals surface area contributed by atoms with Gasteiger partial charge < -0.3 is 5.32 Å². The fourth-order valence-electron chi connectivity index (χ4n) is 1.95. The van der Waals surface area contributed by atoms with Gasteiger partial charge in [0.1, 0.15) is 10.7 Å². The molecule has 1 fully saturated rings. The molecule has 19 heavy (non-hydrogen) atoms. The first-order chi connectivity index (χ1) is 9.12. The molecule has 1 saturated heterocycles. The minimum absolute atomic E-state index is 0.219. The highest BCUT2D eigenvalue weighted by atomic mass is 32.2. The molecule has 2 N–H and O–H groups in total. The smallest absolute Gasteiger partial charge is 0.242 e. The SMILES string of the molecule is CNc1ccc(S(=O)(=O)NCC2CCSCC2)cn1. The van der Waals surface area contributed by atoms with E-state index in [1.54, 1.807) is 19.2 Å². The summed E-state index contributed by atoms with van der Waals surface area (Å²) in [6, 6.07) is 3.23. The summed E-state index contributed by atoms with van der Waals surface area (Å²) in [5.41, 5.74) is 0. The van der Waals surface area contributed by atoms with Gasteiger partial charge in [-0.2, -0.15) is 11.8 Å². The molecule has 0 atom stereocenters. The first-order valence-electron chi connectivity index (χ1n) is 6.33. The fraction of sp³-hybridized carbons (Fsp3) is 0.583. The van der Waals surface area contributed by atoms with Gasteiger partial charge in [-0.05, 0) is 42.4 Å². The Morgan fingerprint density at radius 2 is 2.11 bits per heavy atom. The Kier molecular flexibility index (Phi) is 5.06. The van der Waals surface area contributed by atoms with E-state index in [-0.39, 0.29) is 4.90 Å². The Morgan fingerprint density at radius 3 is 2.68 bits per heavy atom. The van der Waals surface area contributed by atoms with Crippen molar-refractivity contribution in [2.45, 2.75) is 17.7 Å². The molecule has 0 bridgehead atoms. The van der Waals surface area contributed by atoms with E-state index in [4.69, 9.17) is 0 Å². The van der Waals surface area contributed by atoms with Crippen LogP contribution < -0.4 is 10.0 Å². The Labute approximate surface area is 118 Å². The highest BCUT2D eigenvalue weighted by Gasteiger charge is 2.19. The van der Waals surface area contributed by atoms with Gasteiger partial charge in [0.2, 0.25) is 10.0 Å². The normalized spacial score (nSPS) is 17.3. The number of hydrogen-bond donors (Lipinski definition) is 2. The first-order valence-corrected chi connectivity index (χ1v) is 8.97. The molecule has 0 saturated carbocycles. The van der Waals surface area contributed by atoms with Crippen molar-refractivity contribution in [1.82, 2.24) is 9.71 Å². The standard InChI is InChI=1S/C12H19N3O2S2/c1-13-12-3-2-11(9-14-12)19(16,17)15-8-10-4-6-18-7-5-10/h2-3,9-10,15H,4-8H2,1H3,(H,13,14). The van der Waals surface area contributed by atoms with Crippen LogP contribution in [-0.4, -0.2) is 38.5 Å². The van der Waals surface area contributed by atoms with Crippen molar-refractivity contribution in [2.75, 3.05) is 30.4 Å². The second-order valence-corrected chi connectivity index (χ2v) is 7.53. The van der Waals surface area contributed by atoms with Crippen molar-refractivity contribution in [1.29, 1.82) is 0 Å². The number of pyridine rings is 1. The maximum Gasteiger partial charge on any atom is 0.242 e. The molecule has 0 amide bonds. The van der Waals surface area contributed by atoms with Crippen LogP contribution in [0.3, 0.4) is 0 Å². The van der Waals surface area contributed by atoms with Crippen molar-refractivity contribution in [3.8, 4) is 0 Å². The van der Waals surface area contributed by atoms with Crippen molar-refractivity contribution in [2.24, 2.45) is 5.92 Å². The van der Waals surface area contributed by atoms with E-state index in [1.807, 2.05) is 11.8 Å². The first kappa shape index (κ1) is 14.6. The number of nitrogens with one attached hydrogen (secondary N) is 2. The van der Waals surface area contributed by atoms with Gasteiger partial charge in [-0.1, -0.05) is 0 Å². The summed E-state index contributed by atoms with van der Waals surface area (Å²) in [6.45, 7) is 0.524. The average Bonchev–Trinajstić information content (AvgIpc) is 2.46. The zero-order valence-corrected chi connectivity index (χ0v) is 12.6. The number of rotatable bonds is 5. The van der Waals surface area contributed by atoms with E-state index < -0.39 is 10.0 Å². The Bertz CT molecular complexity index is 496. The van der Waals surface area contributed by atoms with Crippen LogP contribution in [0.1, 0.15) is 12.8 Å². The summed E-state index contributed by atoms with van der Waals surface area (Å²) >= 11 is 1.94. The van der Waals surface area contributed by atoms with Gasteiger partial charge in [0.15, 0.2) is 0 Å². The maximum absolute atomic E-state index is 12.1. The lowest BCUT2D eigenvalue weighted by Crippen LogP contribution is -2.31. The highest BCUT2D eigenvalue weighted by molar-refractivity contribution is 7.99. The number of hydrogen-bond acceptors (Lipinski definition) is 5. The van der Waals surface area contributed by atoms with E-state index in [0.717, 1.165) is 24.3 Å². The number of anilines is 1. The monoisotopic (exact) mass is 301 g/mol. The average molecular weight is 301 g/mol. The second kappa shape index (κ2) is 6.58. The molecular formula is C12H19N3O2S2. The summed E-state index contributed by atoms with van der Waals surface area (Å²) in [7, 11) is -1.69. The fourth-order valence-corrected chi connectivity index (χ4v) is 4.21. The molecule has 5 nitrogen and oxygen atoms in total. The largest absolute Gasteiger partial charge is 0.373 e. The third-order valence-corrected chi connectivity index (χ3v) is 5.66. The molecule has 1 aromatic rings. The van der Waals surface area contributed by atoms with Crippen LogP contribution in [0.2, 0.25) is 0 Å². The maximum atomic E-state index is 12.1. The lowest BCUT2D eigenvalue weighted by Gasteiger charge is -2.21. The summed E-state index contributed by atoms with van der Waals surface area (Å²) in [6.07, 6.45) is 3.55. The van der Waals surface area contributed by atoms with Gasteiger partial charge in [-0.3, -0.25) is 0 Å². The summed E-state index contributed by atoms with van der Waals surface area (Å²) < 4.78 is 26.9. The van der Waals surface area contributed by atoms with Crippen LogP contribution in [0.15, 0.2) is 23.2 Å². The van der Waals surface area contributed by atoms with E-state index in [1.165, 1.54) is 6.20 Å². The van der Waals surface area contributed by atoms with Gasteiger partial charge in [-0.15, -0.1) is 0 Å². The molecule has 2 heterocycles. The summed E-state index contributed by atoms with van der Waals surface area (Å²) in [5.74, 6) is 3.37. The van der Waals surface area contributed by atoms with Crippen molar-refractivity contribution in [3.63, 3.8) is 0 Å². The van der Waals surface area contributed by atoms with Crippen molar-refractivity contribution in [3.05, 3.63) is 18.3 Å². The number of thioether (sulfide) groups is 1. The molecule has 0 aliphatic carbocycles. The molecule has 0 aromatic carbocycles. The van der Waals surface area contributed by atoms with E-state index in [2.05, 4.69) is 15.0 Å². The van der Waals surface area contributed by atoms with Crippen LogP contribution in [0.5, 0.6) is 0 Å². The molecule has 106 valence electrons. The molecule has 0 radical (unpaired) electrons. The molecule has 1 aliphatic heterocycles. The van der Waals surface area contributed by atoms with Crippen molar-refractivity contribution >= 4 is 27.6 Å². The zero-order valence-electron chi connectivity index (χ0n) is 10.9. The lowest BCUT2D eigenvalue weighted by atomic mass is 10.0. The predicted molar refractivity (Wildman–Crippen MR) is 79.0 cm³/mol. The molecule has 2 rings (SSSR count). The van der Waals surface area contributed by atoms with Gasteiger partial charge in [0.25, 0.3) is 0 Å². The van der Waals surface area contributed by atoms with Crippen LogP contribution in [0.4, 0.5) is 5.82 Å². The van der Waals surface area contributed by atoms with E-state index in [0.29, 0.717) is 18.3 Å². The topological polar surface area (TPSA) is 71.1 Å². The summed E-state index contributed by atoms with van der Waals surface area (Å²) in [4.78, 5) is 4.24. The second-order valence-electron chi connectivity index (χ2n) is 4.54. The van der Waals surface area contributed by atoms with Crippen molar-refractivity contribution < 1.29 is 8.42 Å². The number of aromatic nitrogens is 1. The molecule has 7 heteroatoms. The van der Waals surface area contributed by atoms with E-state index >= 15 is 0 Å². The number of sulfonamides is 1. The highest BCUT2D eigenvalue weighted by Crippen LogP contribution is 2.22. The van der Waals surface area contributed by atoms with Gasteiger partial charge in [-0.25, -0.2) is 18.1 Å². The van der Waals surface area contributed by atoms with Crippen LogP contribution in [-0.2, 0) is 10.0 Å². The molecule has 0 unspecified atom stereocenters. The van der Waals surface area contributed by atoms with Gasteiger partial charge in [0.05, 0.1) is 0 Å². The molecule has 1 aromatic heterocycles. The minimum atomic E-state index is -3.43. The van der Waals surface area contributed by atoms with E-state index in [9.17, 15) is 8.42 Å². The third-order valence-electron chi connectivity index (χ3n) is 3.21. The Balaban J connectivity index is 1.96. The lowest BCUT2D eigenvalue weighted by molar-refractivity contribution is 0.476. The Morgan fingerprint density at radius 1 is 1.37 bits per heavy atom. The van der Waals surface area contributed by atoms with Crippen LogP contribution in [0.25, 0.3) is 0 Å². The Hall–Kier alpha value is -0.790. The predicted octanol–water partition coefficient (Wildman–Crippen LogP) is 1.54. The minimum Gasteiger partial charge on any atom is -0.373 e. The third kappa shape index (κ3) is 4.09. The number of nitrogens with zero attached hydrogens (tertiary/aromatic N) is 1. The van der Waals surface area contributed by atoms with Crippen LogP contribution in [0, 0.1) is 5.92 Å². The summed E-state index contributed by atoms with van der Waals surface area (Å²) in [5, 5.41) is 2.86.